The Morgan fingerprint density at radius 1 is 1.25 bits per heavy atom. The average Bonchev–Trinajstić information content (AvgIpc) is 2.94. The van der Waals surface area contributed by atoms with E-state index in [2.05, 4.69) is 36.8 Å². The van der Waals surface area contributed by atoms with Gasteiger partial charge < -0.3 is 9.73 Å². The van der Waals surface area contributed by atoms with Crippen LogP contribution in [0.1, 0.15) is 20.8 Å². The van der Waals surface area contributed by atoms with Crippen molar-refractivity contribution in [3.05, 3.63) is 28.7 Å². The molecule has 2 aromatic rings. The van der Waals surface area contributed by atoms with E-state index < -0.39 is 17.2 Å². The minimum Gasteiger partial charge on any atom is -0.411 e. The molecule has 0 bridgehead atoms. The molecule has 1 atom stereocenters. The molecule has 1 heterocycles. The van der Waals surface area contributed by atoms with E-state index in [1.165, 1.54) is 0 Å². The molecule has 24 heavy (non-hydrogen) atoms. The van der Waals surface area contributed by atoms with E-state index in [0.29, 0.717) is 5.89 Å². The zero-order valence-electron chi connectivity index (χ0n) is 13.4. The van der Waals surface area contributed by atoms with Gasteiger partial charge in [-0.3, -0.25) is 10.1 Å². The van der Waals surface area contributed by atoms with E-state index in [4.69, 9.17) is 4.42 Å². The molecule has 0 spiro atoms. The number of halogens is 1. The fourth-order valence-electron chi connectivity index (χ4n) is 1.71. The fraction of sp³-hybridized carbons (Fsp3) is 0.333. The van der Waals surface area contributed by atoms with Crippen molar-refractivity contribution in [2.24, 2.45) is 0 Å². The van der Waals surface area contributed by atoms with Gasteiger partial charge in [0.05, 0.1) is 5.25 Å². The number of aromatic nitrogens is 2. The van der Waals surface area contributed by atoms with Crippen LogP contribution in [0.3, 0.4) is 0 Å². The Balaban J connectivity index is 1.96. The lowest BCUT2D eigenvalue weighted by Gasteiger charge is -2.11. The van der Waals surface area contributed by atoms with E-state index in [9.17, 15) is 9.59 Å². The number of thioether (sulfide) groups is 1. The highest BCUT2D eigenvalue weighted by Gasteiger charge is 2.20. The normalized spacial score (nSPS) is 12.0. The predicted molar refractivity (Wildman–Crippen MR) is 94.6 cm³/mol. The molecule has 1 aromatic heterocycles. The van der Waals surface area contributed by atoms with Crippen molar-refractivity contribution in [3.8, 4) is 11.5 Å². The maximum absolute atomic E-state index is 12.0. The van der Waals surface area contributed by atoms with E-state index >= 15 is 0 Å². The summed E-state index contributed by atoms with van der Waals surface area (Å²) in [5, 5.41) is 12.5. The lowest BCUT2D eigenvalue weighted by molar-refractivity contribution is -0.119. The van der Waals surface area contributed by atoms with Crippen LogP contribution in [0, 0.1) is 0 Å². The van der Waals surface area contributed by atoms with Gasteiger partial charge in [0.2, 0.25) is 11.8 Å². The van der Waals surface area contributed by atoms with Gasteiger partial charge in [0.25, 0.3) is 5.22 Å². The van der Waals surface area contributed by atoms with E-state index in [-0.39, 0.29) is 11.3 Å². The van der Waals surface area contributed by atoms with Gasteiger partial charge in [0, 0.05) is 16.1 Å². The molecular weight excluding hydrogens is 396 g/mol. The lowest BCUT2D eigenvalue weighted by atomic mass is 10.2. The first-order chi connectivity index (χ1) is 11.3. The summed E-state index contributed by atoms with van der Waals surface area (Å²) in [6.07, 6.45) is 0. The summed E-state index contributed by atoms with van der Waals surface area (Å²) in [5.74, 6) is -0.0654. The Hall–Kier alpha value is -1.87. The van der Waals surface area contributed by atoms with Crippen molar-refractivity contribution in [2.75, 3.05) is 0 Å². The Labute approximate surface area is 152 Å². The summed E-state index contributed by atoms with van der Waals surface area (Å²) >= 11 is 4.47. The first-order valence-corrected chi connectivity index (χ1v) is 8.90. The quantitative estimate of drug-likeness (QED) is 0.731. The van der Waals surface area contributed by atoms with Crippen LogP contribution in [-0.4, -0.2) is 33.4 Å². The smallest absolute Gasteiger partial charge is 0.321 e. The molecule has 3 amide bonds. The summed E-state index contributed by atoms with van der Waals surface area (Å²) in [6, 6.07) is 6.88. The second kappa shape index (κ2) is 8.29. The fourth-order valence-corrected chi connectivity index (χ4v) is 2.79. The van der Waals surface area contributed by atoms with Gasteiger partial charge in [-0.15, -0.1) is 10.2 Å². The molecule has 0 aliphatic carbocycles. The topological polar surface area (TPSA) is 97.1 Å². The van der Waals surface area contributed by atoms with Crippen LogP contribution in [0.4, 0.5) is 4.79 Å². The minimum atomic E-state index is -0.557. The second-order valence-corrected chi connectivity index (χ2v) is 7.47. The average molecular weight is 413 g/mol. The maximum Gasteiger partial charge on any atom is 0.321 e. The molecule has 0 saturated carbocycles. The van der Waals surface area contributed by atoms with E-state index in [1.807, 2.05) is 38.1 Å². The van der Waals surface area contributed by atoms with E-state index in [1.54, 1.807) is 6.92 Å². The SMILES string of the molecule is CC(C)NC(=O)NC(=O)[C@@H](C)Sc1nnc(-c2cccc(Br)c2)o1. The molecule has 2 rings (SSSR count). The summed E-state index contributed by atoms with van der Waals surface area (Å²) in [6.45, 7) is 5.28. The number of nitrogens with one attached hydrogen (secondary N) is 2. The molecule has 128 valence electrons. The van der Waals surface area contributed by atoms with Gasteiger partial charge in [0.1, 0.15) is 0 Å². The molecule has 0 fully saturated rings. The van der Waals surface area contributed by atoms with E-state index in [0.717, 1.165) is 21.8 Å². The number of carbonyl (C=O) groups is 2. The van der Waals surface area contributed by atoms with Crippen LogP contribution in [0.25, 0.3) is 11.5 Å². The number of benzene rings is 1. The van der Waals surface area contributed by atoms with Crippen LogP contribution in [-0.2, 0) is 4.79 Å². The highest BCUT2D eigenvalue weighted by Crippen LogP contribution is 2.27. The maximum atomic E-state index is 12.0. The molecule has 9 heteroatoms. The number of nitrogens with zero attached hydrogens (tertiary/aromatic N) is 2. The van der Waals surface area contributed by atoms with Crippen molar-refractivity contribution < 1.29 is 14.0 Å². The number of urea groups is 1. The third-order valence-electron chi connectivity index (χ3n) is 2.78. The van der Waals surface area contributed by atoms with Crippen LogP contribution in [0.5, 0.6) is 0 Å². The molecule has 0 aliphatic rings. The standard InChI is InChI=1S/C15H17BrN4O3S/c1-8(2)17-14(22)18-12(21)9(3)24-15-20-19-13(23-15)10-5-4-6-11(16)7-10/h4-9H,1-3H3,(H2,17,18,21,22)/t9-/m1/s1. The molecule has 0 aliphatic heterocycles. The van der Waals surface area contributed by atoms with Gasteiger partial charge in [-0.25, -0.2) is 4.79 Å². The van der Waals surface area contributed by atoms with Gasteiger partial charge in [-0.2, -0.15) is 0 Å². The molecule has 1 aromatic carbocycles. The number of amides is 3. The third-order valence-corrected chi connectivity index (χ3v) is 4.21. The minimum absolute atomic E-state index is 0.0514. The number of hydrogen-bond acceptors (Lipinski definition) is 6. The Bertz CT molecular complexity index is 735. The molecular formula is C15H17BrN4O3S. The van der Waals surface area contributed by atoms with Crippen LogP contribution < -0.4 is 10.6 Å². The number of hydrogen-bond donors (Lipinski definition) is 2. The first-order valence-electron chi connectivity index (χ1n) is 7.22. The monoisotopic (exact) mass is 412 g/mol. The summed E-state index contributed by atoms with van der Waals surface area (Å²) in [5.41, 5.74) is 0.775. The van der Waals surface area contributed by atoms with Crippen LogP contribution in [0.15, 0.2) is 38.4 Å². The molecule has 0 unspecified atom stereocenters. The molecule has 0 saturated heterocycles. The highest BCUT2D eigenvalue weighted by molar-refractivity contribution is 9.10. The summed E-state index contributed by atoms with van der Waals surface area (Å²) in [7, 11) is 0. The van der Waals surface area contributed by atoms with Crippen molar-refractivity contribution >= 4 is 39.6 Å². The second-order valence-electron chi connectivity index (χ2n) is 5.26. The zero-order chi connectivity index (χ0) is 17.7. The molecule has 0 radical (unpaired) electrons. The van der Waals surface area contributed by atoms with Crippen LogP contribution >= 0.6 is 27.7 Å². The number of rotatable bonds is 5. The third kappa shape index (κ3) is 5.34. The van der Waals surface area contributed by atoms with Crippen molar-refractivity contribution in [3.63, 3.8) is 0 Å². The predicted octanol–water partition coefficient (Wildman–Crippen LogP) is 3.21. The number of carbonyl (C=O) groups excluding carboxylic acids is 2. The van der Waals surface area contributed by atoms with Crippen LogP contribution in [0.2, 0.25) is 0 Å². The Morgan fingerprint density at radius 3 is 2.67 bits per heavy atom. The van der Waals surface area contributed by atoms with Crippen molar-refractivity contribution in [1.82, 2.24) is 20.8 Å². The van der Waals surface area contributed by atoms with Gasteiger partial charge in [-0.1, -0.05) is 33.8 Å². The highest BCUT2D eigenvalue weighted by atomic mass is 79.9. The summed E-state index contributed by atoms with van der Waals surface area (Å²) < 4.78 is 6.45. The van der Waals surface area contributed by atoms with Gasteiger partial charge in [-0.05, 0) is 39.0 Å². The summed E-state index contributed by atoms with van der Waals surface area (Å²) in [4.78, 5) is 23.5. The number of imide groups is 1. The van der Waals surface area contributed by atoms with Gasteiger partial charge >= 0.3 is 6.03 Å². The zero-order valence-corrected chi connectivity index (χ0v) is 15.8. The Kier molecular flexibility index (Phi) is 6.38. The Morgan fingerprint density at radius 2 is 2.00 bits per heavy atom. The lowest BCUT2D eigenvalue weighted by Crippen LogP contribution is -2.45. The molecule has 7 nitrogen and oxygen atoms in total. The first kappa shape index (κ1) is 18.5. The largest absolute Gasteiger partial charge is 0.411 e. The molecule has 2 N–H and O–H groups in total. The van der Waals surface area contributed by atoms with Gasteiger partial charge in [0.15, 0.2) is 0 Å². The van der Waals surface area contributed by atoms with Crippen molar-refractivity contribution in [1.29, 1.82) is 0 Å². The van der Waals surface area contributed by atoms with Crippen molar-refractivity contribution in [2.45, 2.75) is 37.3 Å².